The molecular weight excluding hydrogens is 414 g/mol. The molecule has 2 saturated heterocycles. The van der Waals surface area contributed by atoms with Gasteiger partial charge in [-0.1, -0.05) is 30.3 Å². The van der Waals surface area contributed by atoms with Crippen molar-refractivity contribution < 1.29 is 14.3 Å². The van der Waals surface area contributed by atoms with Crippen LogP contribution in [0.4, 0.5) is 0 Å². The summed E-state index contributed by atoms with van der Waals surface area (Å²) in [5.41, 5.74) is 2.01. The van der Waals surface area contributed by atoms with E-state index in [1.165, 1.54) is 5.56 Å². The number of hydrogen-bond donors (Lipinski definition) is 1. The molecule has 4 rings (SSSR count). The van der Waals surface area contributed by atoms with E-state index in [9.17, 15) is 9.59 Å². The zero-order chi connectivity index (χ0) is 23.0. The topological polar surface area (TPSA) is 61.9 Å². The molecule has 2 aromatic rings. The summed E-state index contributed by atoms with van der Waals surface area (Å²) >= 11 is 0. The van der Waals surface area contributed by atoms with Crippen LogP contribution in [-0.2, 0) is 11.2 Å². The maximum atomic E-state index is 12.5. The number of carbonyl (C=O) groups is 2. The van der Waals surface area contributed by atoms with E-state index in [1.807, 2.05) is 36.1 Å². The van der Waals surface area contributed by atoms with Crippen LogP contribution >= 0.6 is 0 Å². The molecule has 2 aliphatic rings. The number of carbonyl (C=O) groups excluding carboxylic acids is 2. The fourth-order valence-corrected chi connectivity index (χ4v) is 4.70. The molecule has 6 heteroatoms. The molecule has 6 nitrogen and oxygen atoms in total. The summed E-state index contributed by atoms with van der Waals surface area (Å²) in [6.07, 6.45) is 3.87. The first-order chi connectivity index (χ1) is 16.1. The van der Waals surface area contributed by atoms with Gasteiger partial charge in [0.05, 0.1) is 0 Å². The third-order valence-corrected chi connectivity index (χ3v) is 6.74. The molecule has 0 aliphatic carbocycles. The normalized spacial score (nSPS) is 19.6. The van der Waals surface area contributed by atoms with Crippen molar-refractivity contribution in [1.29, 1.82) is 0 Å². The van der Waals surface area contributed by atoms with E-state index < -0.39 is 0 Å². The Morgan fingerprint density at radius 3 is 2.45 bits per heavy atom. The Balaban J connectivity index is 1.17. The van der Waals surface area contributed by atoms with E-state index in [2.05, 4.69) is 40.5 Å². The Morgan fingerprint density at radius 2 is 1.79 bits per heavy atom. The largest absolute Gasteiger partial charge is 0.490 e. The molecule has 2 aromatic carbocycles. The van der Waals surface area contributed by atoms with Crippen molar-refractivity contribution in [2.24, 2.45) is 5.92 Å². The molecule has 0 spiro atoms. The zero-order valence-corrected chi connectivity index (χ0v) is 19.5. The highest BCUT2D eigenvalue weighted by atomic mass is 16.5. The van der Waals surface area contributed by atoms with Crippen LogP contribution in [0.25, 0.3) is 0 Å². The number of piperidine rings is 1. The summed E-state index contributed by atoms with van der Waals surface area (Å²) < 4.78 is 6.18. The monoisotopic (exact) mass is 449 g/mol. The number of ether oxygens (including phenoxy) is 1. The lowest BCUT2D eigenvalue weighted by Crippen LogP contribution is -2.39. The van der Waals surface area contributed by atoms with Crippen LogP contribution in [0.5, 0.6) is 5.75 Å². The lowest BCUT2D eigenvalue weighted by molar-refractivity contribution is -0.127. The van der Waals surface area contributed by atoms with Gasteiger partial charge in [0.1, 0.15) is 11.9 Å². The first kappa shape index (κ1) is 23.3. The molecule has 0 radical (unpaired) electrons. The van der Waals surface area contributed by atoms with Gasteiger partial charge in [-0.15, -0.1) is 0 Å². The maximum absolute atomic E-state index is 12.5. The van der Waals surface area contributed by atoms with E-state index in [-0.39, 0.29) is 23.8 Å². The summed E-state index contributed by atoms with van der Waals surface area (Å²) in [6, 6.07) is 18.0. The van der Waals surface area contributed by atoms with Crippen molar-refractivity contribution in [3.8, 4) is 5.75 Å². The molecular formula is C27H35N3O3. The fraction of sp³-hybridized carbons (Fsp3) is 0.481. The second-order valence-corrected chi connectivity index (χ2v) is 9.13. The SMILES string of the molecule is CCN1C[C@H](CNC(=O)c2ccc(OC3CCN(CCc4ccccc4)CC3)cc2)CC1=O. The van der Waals surface area contributed by atoms with Crippen LogP contribution in [-0.4, -0.2) is 67.0 Å². The average Bonchev–Trinajstić information content (AvgIpc) is 3.22. The quantitative estimate of drug-likeness (QED) is 0.638. The number of amides is 2. The van der Waals surface area contributed by atoms with E-state index in [4.69, 9.17) is 4.74 Å². The maximum Gasteiger partial charge on any atom is 0.251 e. The van der Waals surface area contributed by atoms with Crippen LogP contribution in [0.15, 0.2) is 54.6 Å². The van der Waals surface area contributed by atoms with Gasteiger partial charge in [0.25, 0.3) is 5.91 Å². The van der Waals surface area contributed by atoms with Crippen LogP contribution in [0.2, 0.25) is 0 Å². The molecule has 2 aliphatic heterocycles. The van der Waals surface area contributed by atoms with Crippen LogP contribution in [0.1, 0.15) is 42.1 Å². The van der Waals surface area contributed by atoms with Gasteiger partial charge in [-0.25, -0.2) is 0 Å². The second-order valence-electron chi connectivity index (χ2n) is 9.13. The fourth-order valence-electron chi connectivity index (χ4n) is 4.70. The molecule has 2 fully saturated rings. The van der Waals surface area contributed by atoms with Gasteiger partial charge in [0.2, 0.25) is 5.91 Å². The summed E-state index contributed by atoms with van der Waals surface area (Å²) in [6.45, 7) is 7.17. The minimum absolute atomic E-state index is 0.101. The highest BCUT2D eigenvalue weighted by Crippen LogP contribution is 2.21. The van der Waals surface area contributed by atoms with Gasteiger partial charge in [-0.05, 0) is 56.0 Å². The molecule has 2 heterocycles. The molecule has 33 heavy (non-hydrogen) atoms. The number of likely N-dealkylation sites (tertiary alicyclic amines) is 2. The predicted octanol–water partition coefficient (Wildman–Crippen LogP) is 3.37. The minimum atomic E-state index is -0.101. The zero-order valence-electron chi connectivity index (χ0n) is 19.5. The van der Waals surface area contributed by atoms with Crippen molar-refractivity contribution in [2.45, 2.75) is 38.7 Å². The van der Waals surface area contributed by atoms with Crippen molar-refractivity contribution >= 4 is 11.8 Å². The van der Waals surface area contributed by atoms with Crippen molar-refractivity contribution in [2.75, 3.05) is 39.3 Å². The lowest BCUT2D eigenvalue weighted by atomic mass is 10.1. The van der Waals surface area contributed by atoms with Crippen molar-refractivity contribution in [1.82, 2.24) is 15.1 Å². The molecule has 176 valence electrons. The minimum Gasteiger partial charge on any atom is -0.490 e. The van der Waals surface area contributed by atoms with Gasteiger partial charge in [-0.3, -0.25) is 9.59 Å². The first-order valence-corrected chi connectivity index (χ1v) is 12.2. The smallest absolute Gasteiger partial charge is 0.251 e. The molecule has 2 amide bonds. The Bertz CT molecular complexity index is 908. The van der Waals surface area contributed by atoms with Crippen LogP contribution in [0, 0.1) is 5.92 Å². The first-order valence-electron chi connectivity index (χ1n) is 12.2. The van der Waals surface area contributed by atoms with Crippen LogP contribution in [0.3, 0.4) is 0 Å². The number of nitrogens with one attached hydrogen (secondary N) is 1. The summed E-state index contributed by atoms with van der Waals surface area (Å²) in [5, 5.41) is 2.97. The second kappa shape index (κ2) is 11.3. The Morgan fingerprint density at radius 1 is 1.06 bits per heavy atom. The molecule has 1 N–H and O–H groups in total. The van der Waals surface area contributed by atoms with Gasteiger partial charge in [0.15, 0.2) is 0 Å². The molecule has 1 atom stereocenters. The van der Waals surface area contributed by atoms with Gasteiger partial charge in [0, 0.05) is 57.2 Å². The number of nitrogens with zero attached hydrogens (tertiary/aromatic N) is 2. The third kappa shape index (κ3) is 6.57. The third-order valence-electron chi connectivity index (χ3n) is 6.74. The van der Waals surface area contributed by atoms with Crippen LogP contribution < -0.4 is 10.1 Å². The average molecular weight is 450 g/mol. The summed E-state index contributed by atoms with van der Waals surface area (Å²) in [4.78, 5) is 28.7. The summed E-state index contributed by atoms with van der Waals surface area (Å²) in [7, 11) is 0. The van der Waals surface area contributed by atoms with E-state index in [1.54, 1.807) is 0 Å². The standard InChI is InChI=1S/C27H35N3O3/c1-2-30-20-22(18-26(30)31)19-28-27(32)23-8-10-24(11-9-23)33-25-13-16-29(17-14-25)15-12-21-6-4-3-5-7-21/h3-11,22,25H,2,12-20H2,1H3,(H,28,32)/t22-/m0/s1. The number of rotatable bonds is 9. The highest BCUT2D eigenvalue weighted by molar-refractivity contribution is 5.94. The van der Waals surface area contributed by atoms with Gasteiger partial charge < -0.3 is 19.9 Å². The van der Waals surface area contributed by atoms with Crippen molar-refractivity contribution in [3.05, 3.63) is 65.7 Å². The Labute approximate surface area is 196 Å². The van der Waals surface area contributed by atoms with Gasteiger partial charge >= 0.3 is 0 Å². The molecule has 0 aromatic heterocycles. The molecule has 0 saturated carbocycles. The Kier molecular flexibility index (Phi) is 8.00. The van der Waals surface area contributed by atoms with Crippen molar-refractivity contribution in [3.63, 3.8) is 0 Å². The Hall–Kier alpha value is -2.86. The molecule has 0 bridgehead atoms. The predicted molar refractivity (Wildman–Crippen MR) is 129 cm³/mol. The van der Waals surface area contributed by atoms with Gasteiger partial charge in [-0.2, -0.15) is 0 Å². The van der Waals surface area contributed by atoms with E-state index in [0.29, 0.717) is 18.5 Å². The highest BCUT2D eigenvalue weighted by Gasteiger charge is 2.28. The van der Waals surface area contributed by atoms with E-state index in [0.717, 1.165) is 57.7 Å². The molecule has 0 unspecified atom stereocenters. The van der Waals surface area contributed by atoms with E-state index >= 15 is 0 Å². The summed E-state index contributed by atoms with van der Waals surface area (Å²) in [5.74, 6) is 1.09. The number of benzene rings is 2. The lowest BCUT2D eigenvalue weighted by Gasteiger charge is -2.32. The number of hydrogen-bond acceptors (Lipinski definition) is 4.